The summed E-state index contributed by atoms with van der Waals surface area (Å²) in [5.74, 6) is -1.80. The van der Waals surface area contributed by atoms with E-state index in [1.54, 1.807) is 6.20 Å². The molecule has 1 fully saturated rings. The number of ether oxygens (including phenoxy) is 1. The highest BCUT2D eigenvalue weighted by atomic mass is 19.4. The van der Waals surface area contributed by atoms with Crippen molar-refractivity contribution in [3.63, 3.8) is 0 Å². The maximum Gasteiger partial charge on any atom is 0.490 e. The lowest BCUT2D eigenvalue weighted by Crippen LogP contribution is -2.48. The lowest BCUT2D eigenvalue weighted by molar-refractivity contribution is -0.192. The molecular weight excluding hydrogens is 393 g/mol. The summed E-state index contributed by atoms with van der Waals surface area (Å²) in [4.78, 5) is 32.1. The summed E-state index contributed by atoms with van der Waals surface area (Å²) in [6.45, 7) is 9.22. The summed E-state index contributed by atoms with van der Waals surface area (Å²) in [5, 5.41) is 7.12. The molecule has 11 heteroatoms. The molecule has 1 aromatic heterocycles. The topological polar surface area (TPSA) is 86.2 Å². The third-order valence-electron chi connectivity index (χ3n) is 4.31. The second-order valence-corrected chi connectivity index (χ2v) is 6.33. The van der Waals surface area contributed by atoms with Gasteiger partial charge in [-0.1, -0.05) is 12.1 Å². The van der Waals surface area contributed by atoms with Crippen molar-refractivity contribution in [3.05, 3.63) is 36.5 Å². The first-order valence-electron chi connectivity index (χ1n) is 8.95. The SMILES string of the molecule is C=CCN1CCN(C(=O)N2CCOCC2)Cc2cccnc21.O=C(O)C(F)(F)F. The smallest absolute Gasteiger partial charge is 0.475 e. The maximum atomic E-state index is 12.7. The van der Waals surface area contributed by atoms with Gasteiger partial charge in [0.2, 0.25) is 0 Å². The quantitative estimate of drug-likeness (QED) is 0.742. The number of hydrogen-bond donors (Lipinski definition) is 1. The largest absolute Gasteiger partial charge is 0.490 e. The predicted octanol–water partition coefficient (Wildman–Crippen LogP) is 1.98. The fraction of sp³-hybridized carbons (Fsp3) is 0.500. The van der Waals surface area contributed by atoms with E-state index in [1.165, 1.54) is 0 Å². The number of anilines is 1. The number of nitrogens with zero attached hydrogens (tertiary/aromatic N) is 4. The summed E-state index contributed by atoms with van der Waals surface area (Å²) in [6.07, 6.45) is -1.41. The molecule has 160 valence electrons. The van der Waals surface area contributed by atoms with Gasteiger partial charge in [0.25, 0.3) is 0 Å². The zero-order valence-electron chi connectivity index (χ0n) is 15.8. The fourth-order valence-electron chi connectivity index (χ4n) is 2.92. The van der Waals surface area contributed by atoms with Gasteiger partial charge in [-0.15, -0.1) is 6.58 Å². The Hall–Kier alpha value is -2.82. The van der Waals surface area contributed by atoms with Crippen molar-refractivity contribution < 1.29 is 32.6 Å². The van der Waals surface area contributed by atoms with Crippen LogP contribution in [0.5, 0.6) is 0 Å². The van der Waals surface area contributed by atoms with Crippen LogP contribution in [0.1, 0.15) is 5.56 Å². The van der Waals surface area contributed by atoms with E-state index in [4.69, 9.17) is 14.6 Å². The average molecular weight is 416 g/mol. The van der Waals surface area contributed by atoms with E-state index in [9.17, 15) is 18.0 Å². The van der Waals surface area contributed by atoms with Crippen LogP contribution in [0.2, 0.25) is 0 Å². The Kier molecular flexibility index (Phi) is 7.82. The van der Waals surface area contributed by atoms with Crippen molar-refractivity contribution in [2.75, 3.05) is 50.8 Å². The Bertz CT molecular complexity index is 723. The number of morpholine rings is 1. The van der Waals surface area contributed by atoms with Crippen LogP contribution >= 0.6 is 0 Å². The normalized spacial score (nSPS) is 16.9. The molecular formula is C18H23F3N4O4. The zero-order chi connectivity index (χ0) is 21.4. The van der Waals surface area contributed by atoms with E-state index in [1.807, 2.05) is 28.0 Å². The van der Waals surface area contributed by atoms with E-state index in [0.29, 0.717) is 39.4 Å². The lowest BCUT2D eigenvalue weighted by Gasteiger charge is -2.32. The van der Waals surface area contributed by atoms with Gasteiger partial charge in [-0.2, -0.15) is 13.2 Å². The number of aromatic nitrogens is 1. The number of rotatable bonds is 2. The average Bonchev–Trinajstić information content (AvgIpc) is 2.88. The number of carboxylic acids is 1. The van der Waals surface area contributed by atoms with Crippen LogP contribution < -0.4 is 4.90 Å². The van der Waals surface area contributed by atoms with Crippen LogP contribution in [0, 0.1) is 0 Å². The number of carbonyl (C=O) groups excluding carboxylic acids is 1. The molecule has 3 heterocycles. The number of hydrogen-bond acceptors (Lipinski definition) is 5. The number of pyridine rings is 1. The van der Waals surface area contributed by atoms with Gasteiger partial charge >= 0.3 is 18.2 Å². The number of urea groups is 1. The molecule has 1 aromatic rings. The van der Waals surface area contributed by atoms with Crippen molar-refractivity contribution in [2.24, 2.45) is 0 Å². The van der Waals surface area contributed by atoms with Crippen molar-refractivity contribution in [1.82, 2.24) is 14.8 Å². The van der Waals surface area contributed by atoms with Crippen LogP contribution in [0.15, 0.2) is 31.0 Å². The van der Waals surface area contributed by atoms with Gasteiger partial charge in [0.15, 0.2) is 0 Å². The molecule has 0 radical (unpaired) electrons. The van der Waals surface area contributed by atoms with E-state index in [2.05, 4.69) is 16.5 Å². The third kappa shape index (κ3) is 6.34. The first-order chi connectivity index (χ1) is 13.7. The van der Waals surface area contributed by atoms with Crippen LogP contribution in [0.25, 0.3) is 0 Å². The molecule has 3 rings (SSSR count). The summed E-state index contributed by atoms with van der Waals surface area (Å²) in [5.41, 5.74) is 1.09. The molecule has 0 saturated carbocycles. The van der Waals surface area contributed by atoms with Crippen molar-refractivity contribution in [3.8, 4) is 0 Å². The molecule has 0 unspecified atom stereocenters. The summed E-state index contributed by atoms with van der Waals surface area (Å²) >= 11 is 0. The molecule has 0 spiro atoms. The Morgan fingerprint density at radius 3 is 2.45 bits per heavy atom. The molecule has 2 aliphatic heterocycles. The molecule has 1 saturated heterocycles. The third-order valence-corrected chi connectivity index (χ3v) is 4.31. The maximum absolute atomic E-state index is 12.7. The van der Waals surface area contributed by atoms with Crippen molar-refractivity contribution in [2.45, 2.75) is 12.7 Å². The number of carboxylic acid groups (broad SMARTS) is 1. The van der Waals surface area contributed by atoms with E-state index in [-0.39, 0.29) is 6.03 Å². The number of alkyl halides is 3. The minimum atomic E-state index is -5.08. The predicted molar refractivity (Wildman–Crippen MR) is 98.5 cm³/mol. The van der Waals surface area contributed by atoms with Gasteiger partial charge in [0.05, 0.1) is 19.8 Å². The fourth-order valence-corrected chi connectivity index (χ4v) is 2.92. The molecule has 8 nitrogen and oxygen atoms in total. The number of halogens is 3. The van der Waals surface area contributed by atoms with Crippen LogP contribution in [-0.4, -0.2) is 84.0 Å². The van der Waals surface area contributed by atoms with Gasteiger partial charge in [0, 0.05) is 44.5 Å². The first kappa shape index (κ1) is 22.5. The number of fused-ring (bicyclic) bond motifs is 1. The van der Waals surface area contributed by atoms with Gasteiger partial charge in [-0.3, -0.25) is 0 Å². The number of carbonyl (C=O) groups is 2. The summed E-state index contributed by atoms with van der Waals surface area (Å²) in [7, 11) is 0. The minimum absolute atomic E-state index is 0.0959. The number of amides is 2. The van der Waals surface area contributed by atoms with Crippen LogP contribution in [0.4, 0.5) is 23.8 Å². The van der Waals surface area contributed by atoms with Gasteiger partial charge < -0.3 is 24.5 Å². The zero-order valence-corrected chi connectivity index (χ0v) is 15.8. The molecule has 0 atom stereocenters. The van der Waals surface area contributed by atoms with Gasteiger partial charge in [-0.25, -0.2) is 14.6 Å². The molecule has 29 heavy (non-hydrogen) atoms. The minimum Gasteiger partial charge on any atom is -0.475 e. The molecule has 1 N–H and O–H groups in total. The van der Waals surface area contributed by atoms with E-state index < -0.39 is 12.1 Å². The van der Waals surface area contributed by atoms with Gasteiger partial charge in [-0.05, 0) is 6.07 Å². The van der Waals surface area contributed by atoms with Crippen molar-refractivity contribution >= 4 is 17.8 Å². The van der Waals surface area contributed by atoms with E-state index in [0.717, 1.165) is 24.5 Å². The Morgan fingerprint density at radius 1 is 1.21 bits per heavy atom. The molecule has 0 bridgehead atoms. The Labute approximate surface area is 166 Å². The monoisotopic (exact) mass is 416 g/mol. The Morgan fingerprint density at radius 2 is 1.86 bits per heavy atom. The Balaban J connectivity index is 0.000000370. The summed E-state index contributed by atoms with van der Waals surface area (Å²) in [6, 6.07) is 4.07. The van der Waals surface area contributed by atoms with Crippen molar-refractivity contribution in [1.29, 1.82) is 0 Å². The molecule has 2 amide bonds. The highest BCUT2D eigenvalue weighted by molar-refractivity contribution is 5.75. The standard InChI is InChI=1S/C16H22N4O2.C2HF3O2/c1-2-6-18-7-8-20(13-14-4-3-5-17-15(14)18)16(21)19-9-11-22-12-10-19;3-2(4,5)1(6)7/h2-5H,1,6-13H2;(H,6,7). The highest BCUT2D eigenvalue weighted by Gasteiger charge is 2.38. The molecule has 0 aliphatic carbocycles. The molecule has 0 aromatic carbocycles. The summed E-state index contributed by atoms with van der Waals surface area (Å²) < 4.78 is 37.1. The second kappa shape index (κ2) is 10.1. The van der Waals surface area contributed by atoms with Crippen LogP contribution in [-0.2, 0) is 16.1 Å². The first-order valence-corrected chi connectivity index (χ1v) is 8.95. The molecule has 2 aliphatic rings. The lowest BCUT2D eigenvalue weighted by atomic mass is 10.2. The highest BCUT2D eigenvalue weighted by Crippen LogP contribution is 2.23. The number of aliphatic carboxylic acids is 1. The van der Waals surface area contributed by atoms with Gasteiger partial charge in [0.1, 0.15) is 5.82 Å². The second-order valence-electron chi connectivity index (χ2n) is 6.33. The van der Waals surface area contributed by atoms with E-state index >= 15 is 0 Å². The van der Waals surface area contributed by atoms with Crippen LogP contribution in [0.3, 0.4) is 0 Å².